The summed E-state index contributed by atoms with van der Waals surface area (Å²) in [4.78, 5) is 15.6. The molecule has 0 saturated heterocycles. The van der Waals surface area contributed by atoms with Gasteiger partial charge in [-0.05, 0) is 6.42 Å². The second kappa shape index (κ2) is 5.82. The van der Waals surface area contributed by atoms with Crippen LogP contribution in [0, 0.1) is 0 Å². The number of hydrogen-bond acceptors (Lipinski definition) is 4. The van der Waals surface area contributed by atoms with Gasteiger partial charge < -0.3 is 9.84 Å². The third kappa shape index (κ3) is 3.28. The molecule has 1 heterocycles. The van der Waals surface area contributed by atoms with Crippen LogP contribution in [-0.4, -0.2) is 29.8 Å². The van der Waals surface area contributed by atoms with E-state index in [1.165, 1.54) is 11.3 Å². The molecular formula is C10H15NO3S. The molecule has 0 saturated carbocycles. The molecule has 4 nitrogen and oxygen atoms in total. The second-order valence-corrected chi connectivity index (χ2v) is 4.26. The van der Waals surface area contributed by atoms with Crippen LogP contribution in [0.3, 0.4) is 0 Å². The van der Waals surface area contributed by atoms with Crippen LogP contribution < -0.4 is 0 Å². The van der Waals surface area contributed by atoms with Gasteiger partial charge in [0.1, 0.15) is 4.88 Å². The summed E-state index contributed by atoms with van der Waals surface area (Å²) < 4.78 is 4.93. The lowest BCUT2D eigenvalue weighted by atomic mass is 10.2. The molecule has 0 atom stereocenters. The summed E-state index contributed by atoms with van der Waals surface area (Å²) in [6.45, 7) is 2.60. The van der Waals surface area contributed by atoms with Crippen LogP contribution in [-0.2, 0) is 17.6 Å². The highest BCUT2D eigenvalue weighted by Crippen LogP contribution is 2.20. The number of methoxy groups -OCH3 is 1. The Balaban J connectivity index is 2.83. The summed E-state index contributed by atoms with van der Waals surface area (Å²) in [6.07, 6.45) is 2.32. The van der Waals surface area contributed by atoms with E-state index in [0.29, 0.717) is 23.6 Å². The first-order valence-corrected chi connectivity index (χ1v) is 5.71. The predicted octanol–water partition coefficient (Wildman–Crippen LogP) is 1.98. The van der Waals surface area contributed by atoms with Crippen molar-refractivity contribution in [3.63, 3.8) is 0 Å². The van der Waals surface area contributed by atoms with Crippen LogP contribution in [0.15, 0.2) is 0 Å². The van der Waals surface area contributed by atoms with Crippen LogP contribution in [0.5, 0.6) is 0 Å². The molecule has 0 spiro atoms. The molecule has 0 amide bonds. The molecule has 5 heteroatoms. The number of aryl methyl sites for hydroxylation is 1. The van der Waals surface area contributed by atoms with Gasteiger partial charge in [0.2, 0.25) is 0 Å². The van der Waals surface area contributed by atoms with E-state index >= 15 is 0 Å². The summed E-state index contributed by atoms with van der Waals surface area (Å²) in [5.74, 6) is -0.875. The Kier molecular flexibility index (Phi) is 4.71. The normalized spacial score (nSPS) is 10.5. The molecular weight excluding hydrogens is 214 g/mol. The van der Waals surface area contributed by atoms with Crippen molar-refractivity contribution in [3.05, 3.63) is 15.6 Å². The Morgan fingerprint density at radius 1 is 1.53 bits per heavy atom. The molecule has 0 aromatic carbocycles. The molecule has 0 bridgehead atoms. The molecule has 0 aliphatic heterocycles. The Labute approximate surface area is 92.9 Å². The fourth-order valence-electron chi connectivity index (χ4n) is 1.27. The molecule has 0 aliphatic carbocycles. The fraction of sp³-hybridized carbons (Fsp3) is 0.600. The molecule has 0 fully saturated rings. The van der Waals surface area contributed by atoms with E-state index in [1.807, 2.05) is 6.92 Å². The number of rotatable bonds is 6. The third-order valence-electron chi connectivity index (χ3n) is 1.94. The van der Waals surface area contributed by atoms with Gasteiger partial charge in [-0.2, -0.15) is 0 Å². The van der Waals surface area contributed by atoms with E-state index in [9.17, 15) is 4.79 Å². The van der Waals surface area contributed by atoms with E-state index < -0.39 is 5.97 Å². The second-order valence-electron chi connectivity index (χ2n) is 3.18. The Bertz CT molecular complexity index is 335. The van der Waals surface area contributed by atoms with Crippen molar-refractivity contribution in [3.8, 4) is 0 Å². The maximum absolute atomic E-state index is 10.9. The highest BCUT2D eigenvalue weighted by molar-refractivity contribution is 7.13. The summed E-state index contributed by atoms with van der Waals surface area (Å²) >= 11 is 1.26. The Morgan fingerprint density at radius 2 is 2.27 bits per heavy atom. The average molecular weight is 229 g/mol. The molecule has 1 rings (SSSR count). The molecule has 84 valence electrons. The van der Waals surface area contributed by atoms with E-state index in [2.05, 4.69) is 4.98 Å². The monoisotopic (exact) mass is 229 g/mol. The highest BCUT2D eigenvalue weighted by atomic mass is 32.1. The minimum Gasteiger partial charge on any atom is -0.477 e. The lowest BCUT2D eigenvalue weighted by molar-refractivity contribution is 0.0700. The van der Waals surface area contributed by atoms with Crippen molar-refractivity contribution in [1.82, 2.24) is 4.98 Å². The number of carboxylic acid groups (broad SMARTS) is 1. The van der Waals surface area contributed by atoms with Crippen LogP contribution in [0.1, 0.15) is 33.7 Å². The van der Waals surface area contributed by atoms with Crippen LogP contribution in [0.25, 0.3) is 0 Å². The lowest BCUT2D eigenvalue weighted by Gasteiger charge is -1.93. The molecule has 0 radical (unpaired) electrons. The number of aromatic nitrogens is 1. The third-order valence-corrected chi connectivity index (χ3v) is 3.09. The first-order chi connectivity index (χ1) is 7.19. The smallest absolute Gasteiger partial charge is 0.347 e. The molecule has 15 heavy (non-hydrogen) atoms. The SMILES string of the molecule is CCCc1nc(CCOC)sc1C(=O)O. The fourth-order valence-corrected chi connectivity index (χ4v) is 2.20. The van der Waals surface area contributed by atoms with Crippen molar-refractivity contribution in [2.75, 3.05) is 13.7 Å². The minimum atomic E-state index is -0.875. The van der Waals surface area contributed by atoms with Gasteiger partial charge in [-0.15, -0.1) is 11.3 Å². The number of hydrogen-bond donors (Lipinski definition) is 1. The molecule has 1 aromatic heterocycles. The van der Waals surface area contributed by atoms with Gasteiger partial charge in [-0.1, -0.05) is 13.3 Å². The number of carbonyl (C=O) groups is 1. The summed E-state index contributed by atoms with van der Waals surface area (Å²) in [6, 6.07) is 0. The molecule has 0 unspecified atom stereocenters. The van der Waals surface area contributed by atoms with E-state index in [-0.39, 0.29) is 0 Å². The average Bonchev–Trinajstić information content (AvgIpc) is 2.59. The van der Waals surface area contributed by atoms with Crippen molar-refractivity contribution in [1.29, 1.82) is 0 Å². The first kappa shape index (κ1) is 12.1. The molecule has 0 aliphatic rings. The van der Waals surface area contributed by atoms with E-state index in [0.717, 1.165) is 17.8 Å². The summed E-state index contributed by atoms with van der Waals surface area (Å²) in [7, 11) is 1.62. The maximum Gasteiger partial charge on any atom is 0.347 e. The number of aromatic carboxylic acids is 1. The van der Waals surface area contributed by atoms with Gasteiger partial charge in [-0.3, -0.25) is 0 Å². The van der Waals surface area contributed by atoms with Gasteiger partial charge in [0.15, 0.2) is 0 Å². The van der Waals surface area contributed by atoms with E-state index in [4.69, 9.17) is 9.84 Å². The maximum atomic E-state index is 10.9. The standard InChI is InChI=1S/C10H15NO3S/c1-3-4-7-9(10(12)13)15-8(11-7)5-6-14-2/h3-6H2,1-2H3,(H,12,13). The van der Waals surface area contributed by atoms with Crippen LogP contribution in [0.2, 0.25) is 0 Å². The number of ether oxygens (including phenoxy) is 1. The highest BCUT2D eigenvalue weighted by Gasteiger charge is 2.16. The zero-order chi connectivity index (χ0) is 11.3. The first-order valence-electron chi connectivity index (χ1n) is 4.89. The van der Waals surface area contributed by atoms with Crippen molar-refractivity contribution < 1.29 is 14.6 Å². The van der Waals surface area contributed by atoms with Gasteiger partial charge in [-0.25, -0.2) is 9.78 Å². The van der Waals surface area contributed by atoms with Gasteiger partial charge in [0.05, 0.1) is 17.3 Å². The lowest BCUT2D eigenvalue weighted by Crippen LogP contribution is -1.98. The number of carboxylic acids is 1. The van der Waals surface area contributed by atoms with Crippen LogP contribution >= 0.6 is 11.3 Å². The minimum absolute atomic E-state index is 0.378. The summed E-state index contributed by atoms with van der Waals surface area (Å²) in [5, 5.41) is 9.82. The quantitative estimate of drug-likeness (QED) is 0.810. The predicted molar refractivity (Wildman–Crippen MR) is 58.6 cm³/mol. The van der Waals surface area contributed by atoms with Gasteiger partial charge in [0.25, 0.3) is 0 Å². The number of thiazole rings is 1. The molecule has 1 aromatic rings. The van der Waals surface area contributed by atoms with Crippen molar-refractivity contribution in [2.45, 2.75) is 26.2 Å². The van der Waals surface area contributed by atoms with Crippen molar-refractivity contribution in [2.24, 2.45) is 0 Å². The zero-order valence-corrected chi connectivity index (χ0v) is 9.76. The Morgan fingerprint density at radius 3 is 2.80 bits per heavy atom. The largest absolute Gasteiger partial charge is 0.477 e. The van der Waals surface area contributed by atoms with Gasteiger partial charge >= 0.3 is 5.97 Å². The van der Waals surface area contributed by atoms with Crippen LogP contribution in [0.4, 0.5) is 0 Å². The number of nitrogens with zero attached hydrogens (tertiary/aromatic N) is 1. The summed E-state index contributed by atoms with van der Waals surface area (Å²) in [5.41, 5.74) is 0.709. The Hall–Kier alpha value is -0.940. The topological polar surface area (TPSA) is 59.4 Å². The van der Waals surface area contributed by atoms with Gasteiger partial charge in [0, 0.05) is 13.5 Å². The van der Waals surface area contributed by atoms with Crippen molar-refractivity contribution >= 4 is 17.3 Å². The van der Waals surface area contributed by atoms with E-state index in [1.54, 1.807) is 7.11 Å². The zero-order valence-electron chi connectivity index (χ0n) is 8.95. The molecule has 1 N–H and O–H groups in total.